The molecule has 41 heavy (non-hydrogen) atoms. The molecule has 2 aliphatic rings. The fraction of sp³-hybridized carbons (Fsp3) is 0.267. The predicted octanol–water partition coefficient (Wildman–Crippen LogP) is 4.48. The first-order chi connectivity index (χ1) is 19.9. The highest BCUT2D eigenvalue weighted by atomic mass is 19.1. The molecule has 0 atom stereocenters. The first kappa shape index (κ1) is 26.5. The van der Waals surface area contributed by atoms with Crippen molar-refractivity contribution in [1.29, 1.82) is 0 Å². The quantitative estimate of drug-likeness (QED) is 0.343. The lowest BCUT2D eigenvalue weighted by Gasteiger charge is -2.35. The number of hydrogen-bond donors (Lipinski definition) is 2. The summed E-state index contributed by atoms with van der Waals surface area (Å²) in [6, 6.07) is 19.1. The van der Waals surface area contributed by atoms with Crippen LogP contribution in [0.15, 0.2) is 66.9 Å². The lowest BCUT2D eigenvalue weighted by atomic mass is 10.1. The average molecular weight is 555 g/mol. The summed E-state index contributed by atoms with van der Waals surface area (Å²) in [5, 5.41) is 6.11. The molecule has 0 bridgehead atoms. The van der Waals surface area contributed by atoms with E-state index >= 15 is 0 Å². The van der Waals surface area contributed by atoms with E-state index in [1.807, 2.05) is 42.5 Å². The van der Waals surface area contributed by atoms with Gasteiger partial charge in [-0.25, -0.2) is 14.4 Å². The van der Waals surface area contributed by atoms with Gasteiger partial charge in [0.1, 0.15) is 5.82 Å². The van der Waals surface area contributed by atoms with Crippen LogP contribution in [-0.2, 0) is 11.3 Å². The Morgan fingerprint density at radius 3 is 2.56 bits per heavy atom. The zero-order valence-corrected chi connectivity index (χ0v) is 23.0. The number of nitrogens with one attached hydrogen (secondary N) is 2. The Morgan fingerprint density at radius 2 is 1.78 bits per heavy atom. The lowest BCUT2D eigenvalue weighted by molar-refractivity contribution is -0.121. The van der Waals surface area contributed by atoms with E-state index in [1.165, 1.54) is 5.69 Å². The van der Waals surface area contributed by atoms with Crippen LogP contribution in [0, 0.1) is 12.7 Å². The normalized spacial score (nSPS) is 15.3. The highest BCUT2D eigenvalue weighted by Crippen LogP contribution is 2.33. The summed E-state index contributed by atoms with van der Waals surface area (Å²) in [5.41, 5.74) is 4.10. The molecule has 4 heterocycles. The fourth-order valence-electron chi connectivity index (χ4n) is 4.98. The molecule has 2 aromatic carbocycles. The van der Waals surface area contributed by atoms with Crippen LogP contribution in [0.1, 0.15) is 11.1 Å². The molecule has 2 aliphatic heterocycles. The minimum atomic E-state index is -0.634. The number of rotatable bonds is 7. The standard InChI is InChI=1S/C30H31FN8O2/c1-20-16-22(8-9-24(20)38-14-12-37(2)13-15-38)33-30-32-17-23(31)28(36-30)34-26-11-10-25-29(35-26)39(27(40)19-41-25)18-21-6-4-3-5-7-21/h3-11,16-17H,12-15,18-19H2,1-2H3,(H2,32,33,34,35,36). The van der Waals surface area contributed by atoms with Gasteiger partial charge in [-0.2, -0.15) is 4.98 Å². The van der Waals surface area contributed by atoms with E-state index in [0.29, 0.717) is 23.9 Å². The third-order valence-electron chi connectivity index (χ3n) is 7.22. The Morgan fingerprint density at radius 1 is 0.976 bits per heavy atom. The third-order valence-corrected chi connectivity index (χ3v) is 7.22. The van der Waals surface area contributed by atoms with Crippen molar-refractivity contribution in [2.24, 2.45) is 0 Å². The van der Waals surface area contributed by atoms with Crippen molar-refractivity contribution in [3.05, 3.63) is 83.8 Å². The van der Waals surface area contributed by atoms with Crippen molar-refractivity contribution in [3.8, 4) is 5.75 Å². The number of carbonyl (C=O) groups excluding carboxylic acids is 1. The first-order valence-corrected chi connectivity index (χ1v) is 13.5. The van der Waals surface area contributed by atoms with Crippen molar-refractivity contribution in [3.63, 3.8) is 0 Å². The van der Waals surface area contributed by atoms with Crippen LogP contribution in [0.5, 0.6) is 5.75 Å². The second-order valence-electron chi connectivity index (χ2n) is 10.2. The summed E-state index contributed by atoms with van der Waals surface area (Å²) in [4.78, 5) is 32.0. The van der Waals surface area contributed by atoms with Crippen LogP contribution >= 0.6 is 0 Å². The Hall–Kier alpha value is -4.77. The molecule has 0 saturated carbocycles. The number of carbonyl (C=O) groups is 1. The van der Waals surface area contributed by atoms with Crippen LogP contribution in [0.2, 0.25) is 0 Å². The molecule has 4 aromatic rings. The maximum Gasteiger partial charge on any atom is 0.266 e. The lowest BCUT2D eigenvalue weighted by Crippen LogP contribution is -2.44. The van der Waals surface area contributed by atoms with Crippen molar-refractivity contribution >= 4 is 40.7 Å². The van der Waals surface area contributed by atoms with Crippen LogP contribution in [0.4, 0.5) is 39.2 Å². The molecule has 6 rings (SSSR count). The fourth-order valence-corrected chi connectivity index (χ4v) is 4.98. The van der Waals surface area contributed by atoms with E-state index in [1.54, 1.807) is 17.0 Å². The summed E-state index contributed by atoms with van der Waals surface area (Å²) in [7, 11) is 2.14. The number of ether oxygens (including phenoxy) is 1. The second-order valence-corrected chi connectivity index (χ2v) is 10.2. The van der Waals surface area contributed by atoms with Gasteiger partial charge in [-0.15, -0.1) is 0 Å². The topological polar surface area (TPSA) is 98.8 Å². The van der Waals surface area contributed by atoms with Gasteiger partial charge in [0.05, 0.1) is 12.7 Å². The predicted molar refractivity (Wildman–Crippen MR) is 157 cm³/mol. The van der Waals surface area contributed by atoms with Gasteiger partial charge in [0.2, 0.25) is 5.95 Å². The maximum atomic E-state index is 14.8. The van der Waals surface area contributed by atoms with Gasteiger partial charge in [0.25, 0.3) is 5.91 Å². The second kappa shape index (κ2) is 11.4. The number of aromatic nitrogens is 3. The van der Waals surface area contributed by atoms with E-state index in [2.05, 4.69) is 55.4 Å². The minimum Gasteiger partial charge on any atom is -0.480 e. The average Bonchev–Trinajstić information content (AvgIpc) is 2.98. The molecule has 210 valence electrons. The number of amides is 1. The first-order valence-electron chi connectivity index (χ1n) is 13.5. The smallest absolute Gasteiger partial charge is 0.266 e. The molecular weight excluding hydrogens is 523 g/mol. The highest BCUT2D eigenvalue weighted by molar-refractivity contribution is 5.96. The van der Waals surface area contributed by atoms with Crippen molar-refractivity contribution in [2.45, 2.75) is 13.5 Å². The zero-order valence-electron chi connectivity index (χ0n) is 23.0. The summed E-state index contributed by atoms with van der Waals surface area (Å²) >= 11 is 0. The van der Waals surface area contributed by atoms with Crippen LogP contribution in [0.25, 0.3) is 0 Å². The molecule has 1 saturated heterocycles. The number of halogens is 1. The molecule has 0 radical (unpaired) electrons. The van der Waals surface area contributed by atoms with E-state index in [9.17, 15) is 9.18 Å². The number of anilines is 6. The van der Waals surface area contributed by atoms with Gasteiger partial charge in [-0.3, -0.25) is 9.69 Å². The van der Waals surface area contributed by atoms with E-state index in [0.717, 1.165) is 49.2 Å². The molecule has 1 fully saturated rings. The zero-order chi connectivity index (χ0) is 28.3. The van der Waals surface area contributed by atoms with Crippen molar-refractivity contribution in [1.82, 2.24) is 19.9 Å². The number of hydrogen-bond acceptors (Lipinski definition) is 9. The molecule has 10 nitrogen and oxygen atoms in total. The van der Waals surface area contributed by atoms with Crippen LogP contribution in [-0.4, -0.2) is 65.6 Å². The molecule has 2 aromatic heterocycles. The number of fused-ring (bicyclic) bond motifs is 1. The van der Waals surface area contributed by atoms with E-state index < -0.39 is 5.82 Å². The van der Waals surface area contributed by atoms with Gasteiger partial charge in [-0.05, 0) is 55.4 Å². The monoisotopic (exact) mass is 554 g/mol. The number of aryl methyl sites for hydroxylation is 1. The van der Waals surface area contributed by atoms with Gasteiger partial charge in [-0.1, -0.05) is 30.3 Å². The Kier molecular flexibility index (Phi) is 7.34. The number of pyridine rings is 1. The Bertz CT molecular complexity index is 1560. The summed E-state index contributed by atoms with van der Waals surface area (Å²) < 4.78 is 20.4. The maximum absolute atomic E-state index is 14.8. The number of piperazine rings is 1. The molecule has 2 N–H and O–H groups in total. The van der Waals surface area contributed by atoms with E-state index in [4.69, 9.17) is 4.74 Å². The number of likely N-dealkylation sites (N-methyl/N-ethyl adjacent to an activating group) is 1. The third kappa shape index (κ3) is 5.90. The molecule has 11 heteroatoms. The SMILES string of the molecule is Cc1cc(Nc2ncc(F)c(Nc3ccc4c(n3)N(Cc3ccccc3)C(=O)CO4)n2)ccc1N1CCN(C)CC1. The largest absolute Gasteiger partial charge is 0.480 e. The Balaban J connectivity index is 1.19. The van der Waals surface area contributed by atoms with Crippen LogP contribution < -0.4 is 25.2 Å². The van der Waals surface area contributed by atoms with Gasteiger partial charge >= 0.3 is 0 Å². The number of nitrogens with zero attached hydrogens (tertiary/aromatic N) is 6. The molecular formula is C30H31FN8O2. The van der Waals surface area contributed by atoms with Gasteiger partial charge in [0.15, 0.2) is 29.8 Å². The minimum absolute atomic E-state index is 0.0432. The molecule has 0 aliphatic carbocycles. The number of benzene rings is 2. The van der Waals surface area contributed by atoms with E-state index in [-0.39, 0.29) is 24.3 Å². The van der Waals surface area contributed by atoms with Crippen molar-refractivity contribution < 1.29 is 13.9 Å². The molecule has 0 unspecified atom stereocenters. The Labute approximate surface area is 237 Å². The van der Waals surface area contributed by atoms with Gasteiger partial charge in [0, 0.05) is 37.6 Å². The van der Waals surface area contributed by atoms with Crippen molar-refractivity contribution in [2.75, 3.05) is 60.3 Å². The molecule has 1 amide bonds. The summed E-state index contributed by atoms with van der Waals surface area (Å²) in [5.74, 6) is 0.507. The summed E-state index contributed by atoms with van der Waals surface area (Å²) in [6.07, 6.45) is 1.11. The highest BCUT2D eigenvalue weighted by Gasteiger charge is 2.28. The summed E-state index contributed by atoms with van der Waals surface area (Å²) in [6.45, 7) is 6.39. The van der Waals surface area contributed by atoms with Crippen LogP contribution in [0.3, 0.4) is 0 Å². The molecule has 0 spiro atoms. The van der Waals surface area contributed by atoms with Gasteiger partial charge < -0.3 is 25.2 Å².